The Labute approximate surface area is 92.0 Å². The van der Waals surface area contributed by atoms with Crippen LogP contribution in [0.3, 0.4) is 0 Å². The van der Waals surface area contributed by atoms with Gasteiger partial charge in [0, 0.05) is 25.6 Å². The van der Waals surface area contributed by atoms with Crippen LogP contribution in [0, 0.1) is 5.92 Å². The molecule has 0 aromatic rings. The van der Waals surface area contributed by atoms with E-state index in [1.54, 1.807) is 11.2 Å². The maximum absolute atomic E-state index is 12.6. The number of rotatable bonds is 1. The molecule has 2 aliphatic heterocycles. The van der Waals surface area contributed by atoms with Gasteiger partial charge in [0.25, 0.3) is 0 Å². The average molecular weight is 236 g/mol. The van der Waals surface area contributed by atoms with E-state index in [0.717, 1.165) is 5.70 Å². The first-order valence-corrected chi connectivity index (χ1v) is 5.34. The highest BCUT2D eigenvalue weighted by Crippen LogP contribution is 2.34. The molecule has 0 aromatic carbocycles. The molecule has 3 nitrogen and oxygen atoms in total. The zero-order valence-corrected chi connectivity index (χ0v) is 8.83. The lowest BCUT2D eigenvalue weighted by Crippen LogP contribution is -2.50. The normalized spacial score (nSPS) is 31.2. The van der Waals surface area contributed by atoms with Crippen molar-refractivity contribution in [1.82, 2.24) is 4.90 Å². The number of alkyl halides is 3. The number of halogens is 3. The average Bonchev–Trinajstić information content (AvgIpc) is 2.68. The monoisotopic (exact) mass is 236 g/mol. The number of nitrogens with two attached hydrogens (primary N) is 1. The molecular formula is C10H15F3N2O. The first-order chi connectivity index (χ1) is 7.47. The van der Waals surface area contributed by atoms with Gasteiger partial charge in [-0.15, -0.1) is 0 Å². The van der Waals surface area contributed by atoms with Crippen LogP contribution in [0.5, 0.6) is 0 Å². The van der Waals surface area contributed by atoms with Crippen molar-refractivity contribution in [1.29, 1.82) is 0 Å². The van der Waals surface area contributed by atoms with Crippen LogP contribution < -0.4 is 5.73 Å². The van der Waals surface area contributed by atoms with Crippen molar-refractivity contribution in [3.05, 3.63) is 12.0 Å². The van der Waals surface area contributed by atoms with Gasteiger partial charge in [-0.2, -0.15) is 13.2 Å². The second kappa shape index (κ2) is 4.16. The van der Waals surface area contributed by atoms with Crippen molar-refractivity contribution < 1.29 is 17.9 Å². The van der Waals surface area contributed by atoms with Crippen molar-refractivity contribution in [2.24, 2.45) is 11.7 Å². The summed E-state index contributed by atoms with van der Waals surface area (Å²) in [7, 11) is 0. The van der Waals surface area contributed by atoms with Gasteiger partial charge in [-0.25, -0.2) is 0 Å². The van der Waals surface area contributed by atoms with E-state index in [9.17, 15) is 13.2 Å². The molecule has 2 aliphatic rings. The number of hydrogen-bond donors (Lipinski definition) is 1. The van der Waals surface area contributed by atoms with Crippen LogP contribution in [-0.4, -0.2) is 36.8 Å². The van der Waals surface area contributed by atoms with Crippen LogP contribution in [0.2, 0.25) is 0 Å². The van der Waals surface area contributed by atoms with Crippen LogP contribution in [0.25, 0.3) is 0 Å². The third-order valence-electron chi connectivity index (χ3n) is 3.05. The van der Waals surface area contributed by atoms with E-state index in [1.165, 1.54) is 0 Å². The number of nitrogens with zero attached hydrogens (tertiary/aromatic N) is 1. The van der Waals surface area contributed by atoms with Gasteiger partial charge in [0.15, 0.2) is 0 Å². The predicted octanol–water partition coefficient (Wildman–Crippen LogP) is 1.46. The Morgan fingerprint density at radius 1 is 1.38 bits per heavy atom. The molecule has 2 rings (SSSR count). The van der Waals surface area contributed by atoms with Crippen molar-refractivity contribution in [3.63, 3.8) is 0 Å². The van der Waals surface area contributed by atoms with Crippen LogP contribution in [0.4, 0.5) is 13.2 Å². The Morgan fingerprint density at radius 2 is 2.12 bits per heavy atom. The van der Waals surface area contributed by atoms with E-state index in [-0.39, 0.29) is 13.0 Å². The minimum absolute atomic E-state index is 0.00634. The van der Waals surface area contributed by atoms with Crippen LogP contribution in [0.1, 0.15) is 12.8 Å². The minimum Gasteiger partial charge on any atom is -0.499 e. The summed E-state index contributed by atoms with van der Waals surface area (Å²) in [4.78, 5) is 1.71. The molecule has 1 saturated heterocycles. The van der Waals surface area contributed by atoms with Crippen molar-refractivity contribution in [2.75, 3.05) is 19.7 Å². The summed E-state index contributed by atoms with van der Waals surface area (Å²) in [6.45, 7) is 1.05. The van der Waals surface area contributed by atoms with E-state index in [4.69, 9.17) is 10.5 Å². The van der Waals surface area contributed by atoms with E-state index in [2.05, 4.69) is 0 Å². The molecule has 0 radical (unpaired) electrons. The minimum atomic E-state index is -4.16. The van der Waals surface area contributed by atoms with Crippen LogP contribution in [-0.2, 0) is 4.74 Å². The summed E-state index contributed by atoms with van der Waals surface area (Å²) in [5.74, 6) is -1.32. The SMILES string of the molecule is N[C@H]1C[C@@H](C(F)(F)F)CN(C2=COCC2)C1. The Bertz CT molecular complexity index is 290. The van der Waals surface area contributed by atoms with Crippen molar-refractivity contribution in [3.8, 4) is 0 Å². The summed E-state index contributed by atoms with van der Waals surface area (Å²) < 4.78 is 43.0. The highest BCUT2D eigenvalue weighted by molar-refractivity contribution is 5.05. The fourth-order valence-corrected chi connectivity index (χ4v) is 2.22. The zero-order chi connectivity index (χ0) is 11.8. The molecule has 0 saturated carbocycles. The maximum Gasteiger partial charge on any atom is 0.393 e. The third kappa shape index (κ3) is 2.42. The molecule has 0 spiro atoms. The first kappa shape index (κ1) is 11.6. The Morgan fingerprint density at radius 3 is 2.69 bits per heavy atom. The topological polar surface area (TPSA) is 38.5 Å². The lowest BCUT2D eigenvalue weighted by molar-refractivity contribution is -0.186. The van der Waals surface area contributed by atoms with Crippen LogP contribution >= 0.6 is 0 Å². The molecule has 0 aliphatic carbocycles. The van der Waals surface area contributed by atoms with E-state index in [1.807, 2.05) is 0 Å². The summed E-state index contributed by atoms with van der Waals surface area (Å²) in [6, 6.07) is -0.415. The summed E-state index contributed by atoms with van der Waals surface area (Å²) in [5.41, 5.74) is 6.51. The van der Waals surface area contributed by atoms with Gasteiger partial charge < -0.3 is 15.4 Å². The van der Waals surface area contributed by atoms with Gasteiger partial charge in [-0.3, -0.25) is 0 Å². The molecule has 2 atom stereocenters. The van der Waals surface area contributed by atoms with Crippen molar-refractivity contribution >= 4 is 0 Å². The van der Waals surface area contributed by atoms with E-state index >= 15 is 0 Å². The number of hydrogen-bond acceptors (Lipinski definition) is 3. The smallest absolute Gasteiger partial charge is 0.393 e. The summed E-state index contributed by atoms with van der Waals surface area (Å²) in [5, 5.41) is 0. The lowest BCUT2D eigenvalue weighted by Gasteiger charge is -2.38. The lowest BCUT2D eigenvalue weighted by atomic mass is 9.93. The van der Waals surface area contributed by atoms with Gasteiger partial charge in [0.1, 0.15) is 6.26 Å². The molecule has 2 heterocycles. The fraction of sp³-hybridized carbons (Fsp3) is 0.800. The molecule has 0 aromatic heterocycles. The Hall–Kier alpha value is -0.910. The molecule has 92 valence electrons. The summed E-state index contributed by atoms with van der Waals surface area (Å²) in [6.07, 6.45) is -1.91. The first-order valence-electron chi connectivity index (χ1n) is 5.34. The molecule has 1 fully saturated rings. The third-order valence-corrected chi connectivity index (χ3v) is 3.05. The molecule has 0 bridgehead atoms. The quantitative estimate of drug-likeness (QED) is 0.749. The van der Waals surface area contributed by atoms with Gasteiger partial charge in [-0.05, 0) is 6.42 Å². The number of ether oxygens (including phenoxy) is 1. The Balaban J connectivity index is 2.05. The maximum atomic E-state index is 12.6. The number of likely N-dealkylation sites (tertiary alicyclic amines) is 1. The second-order valence-electron chi connectivity index (χ2n) is 4.37. The second-order valence-corrected chi connectivity index (χ2v) is 4.37. The molecule has 16 heavy (non-hydrogen) atoms. The standard InChI is InChI=1S/C10H15F3N2O/c11-10(12,13)7-3-8(14)5-15(4-7)9-1-2-16-6-9/h6-8H,1-5,14H2/t7-,8+/m1/s1. The molecule has 2 N–H and O–H groups in total. The fourth-order valence-electron chi connectivity index (χ4n) is 2.22. The molecule has 0 unspecified atom stereocenters. The van der Waals surface area contributed by atoms with Crippen LogP contribution in [0.15, 0.2) is 12.0 Å². The predicted molar refractivity (Wildman–Crippen MR) is 52.4 cm³/mol. The Kier molecular flexibility index (Phi) is 3.01. The molecular weight excluding hydrogens is 221 g/mol. The van der Waals surface area contributed by atoms with Gasteiger partial charge in [-0.1, -0.05) is 0 Å². The van der Waals surface area contributed by atoms with Gasteiger partial charge in [0.05, 0.1) is 18.2 Å². The zero-order valence-electron chi connectivity index (χ0n) is 8.83. The molecule has 6 heteroatoms. The van der Waals surface area contributed by atoms with Crippen molar-refractivity contribution in [2.45, 2.75) is 25.1 Å². The largest absolute Gasteiger partial charge is 0.499 e. The van der Waals surface area contributed by atoms with Gasteiger partial charge >= 0.3 is 6.18 Å². The van der Waals surface area contributed by atoms with E-state index in [0.29, 0.717) is 19.6 Å². The summed E-state index contributed by atoms with van der Waals surface area (Å²) >= 11 is 0. The van der Waals surface area contributed by atoms with E-state index < -0.39 is 18.1 Å². The highest BCUT2D eigenvalue weighted by Gasteiger charge is 2.44. The highest BCUT2D eigenvalue weighted by atomic mass is 19.4. The molecule has 0 amide bonds. The van der Waals surface area contributed by atoms with Gasteiger partial charge in [0.2, 0.25) is 0 Å². The number of piperidine rings is 1.